The molecular weight excluding hydrogens is 172 g/mol. The van der Waals surface area contributed by atoms with Crippen molar-refractivity contribution in [2.24, 2.45) is 7.05 Å². The molecule has 0 aliphatic rings. The van der Waals surface area contributed by atoms with E-state index >= 15 is 0 Å². The van der Waals surface area contributed by atoms with Crippen LogP contribution in [-0.4, -0.2) is 24.5 Å². The van der Waals surface area contributed by atoms with E-state index in [9.17, 15) is 0 Å². The third-order valence-corrected chi connectivity index (χ3v) is 1.28. The van der Waals surface area contributed by atoms with E-state index in [1.54, 1.807) is 7.05 Å². The van der Waals surface area contributed by atoms with Gasteiger partial charge in [-0.25, -0.2) is 4.68 Å². The summed E-state index contributed by atoms with van der Waals surface area (Å²) in [5.74, 6) is 0.681. The highest BCUT2D eigenvalue weighted by Gasteiger charge is 2.02. The number of hydrogen-bond acceptors (Lipinski definition) is 4. The maximum absolute atomic E-state index is 5.46. The van der Waals surface area contributed by atoms with Crippen LogP contribution in [0.25, 0.3) is 0 Å². The molecule has 4 nitrogen and oxygen atoms in total. The van der Waals surface area contributed by atoms with E-state index in [4.69, 9.17) is 11.6 Å². The predicted octanol–water partition coefficient (Wildman–Crippen LogP) is 0.319. The van der Waals surface area contributed by atoms with Crippen LogP contribution >= 0.6 is 23.8 Å². The predicted molar refractivity (Wildman–Crippen MR) is 41.0 cm³/mol. The molecule has 0 atom stereocenters. The number of halogens is 1. The lowest BCUT2D eigenvalue weighted by Gasteiger charge is -1.91. The van der Waals surface area contributed by atoms with Crippen LogP contribution in [0.2, 0.25) is 0 Å². The second-order valence-corrected chi connectivity index (χ2v) is 2.92. The van der Waals surface area contributed by atoms with E-state index in [1.165, 1.54) is 4.68 Å². The SMILES string of the molecule is Cn1nnnc1CC(=S)Cl. The molecule has 6 heteroatoms. The lowest BCUT2D eigenvalue weighted by atomic mass is 10.5. The van der Waals surface area contributed by atoms with Crippen molar-refractivity contribution < 1.29 is 0 Å². The first-order chi connectivity index (χ1) is 4.70. The van der Waals surface area contributed by atoms with E-state index in [2.05, 4.69) is 27.7 Å². The summed E-state index contributed by atoms with van der Waals surface area (Å²) >= 11 is 10.1. The average molecular weight is 177 g/mol. The van der Waals surface area contributed by atoms with Crippen molar-refractivity contribution in [1.29, 1.82) is 0 Å². The van der Waals surface area contributed by atoms with Gasteiger partial charge in [0.05, 0.1) is 10.7 Å². The molecule has 0 saturated heterocycles. The van der Waals surface area contributed by atoms with Crippen LogP contribution in [0, 0.1) is 0 Å². The average Bonchev–Trinajstić information content (AvgIpc) is 2.15. The molecule has 0 bridgehead atoms. The number of rotatable bonds is 2. The molecule has 0 aliphatic carbocycles. The number of tetrazole rings is 1. The largest absolute Gasteiger partial charge is 0.232 e. The number of aryl methyl sites for hydroxylation is 1. The molecule has 0 fully saturated rings. The molecule has 1 heterocycles. The highest BCUT2D eigenvalue weighted by molar-refractivity contribution is 7.83. The van der Waals surface area contributed by atoms with Gasteiger partial charge in [-0.15, -0.1) is 5.10 Å². The van der Waals surface area contributed by atoms with Gasteiger partial charge in [0.2, 0.25) is 0 Å². The zero-order valence-electron chi connectivity index (χ0n) is 5.28. The number of nitrogens with zero attached hydrogens (tertiary/aromatic N) is 4. The number of aromatic nitrogens is 4. The number of thiocarbonyl (C=S) groups is 1. The molecule has 0 saturated carbocycles. The topological polar surface area (TPSA) is 43.6 Å². The highest BCUT2D eigenvalue weighted by Crippen LogP contribution is 1.96. The van der Waals surface area contributed by atoms with Crippen molar-refractivity contribution in [2.45, 2.75) is 6.42 Å². The fourth-order valence-corrected chi connectivity index (χ4v) is 0.771. The second-order valence-electron chi connectivity index (χ2n) is 1.75. The molecular formula is C4H5ClN4S. The first-order valence-electron chi connectivity index (χ1n) is 2.59. The summed E-state index contributed by atoms with van der Waals surface area (Å²) in [6, 6.07) is 0. The normalized spacial score (nSPS) is 9.80. The Kier molecular flexibility index (Phi) is 2.29. The Bertz CT molecular complexity index is 245. The number of hydrogen-bond donors (Lipinski definition) is 0. The Labute approximate surface area is 68.2 Å². The molecule has 0 spiro atoms. The maximum atomic E-state index is 5.46. The quantitative estimate of drug-likeness (QED) is 0.481. The Hall–Kier alpha value is -0.550. The van der Waals surface area contributed by atoms with Crippen LogP contribution in [0.5, 0.6) is 0 Å². The third kappa shape index (κ3) is 1.71. The van der Waals surface area contributed by atoms with E-state index in [1.807, 2.05) is 0 Å². The Balaban J connectivity index is 2.74. The van der Waals surface area contributed by atoms with Crippen molar-refractivity contribution >= 4 is 28.1 Å². The van der Waals surface area contributed by atoms with Crippen LogP contribution in [0.4, 0.5) is 0 Å². The summed E-state index contributed by atoms with van der Waals surface area (Å²) in [5.41, 5.74) is 0. The Morgan fingerprint density at radius 1 is 1.80 bits per heavy atom. The Morgan fingerprint density at radius 2 is 2.50 bits per heavy atom. The molecule has 0 radical (unpaired) electrons. The van der Waals surface area contributed by atoms with Crippen molar-refractivity contribution in [3.8, 4) is 0 Å². The van der Waals surface area contributed by atoms with Gasteiger partial charge in [-0.05, 0) is 10.4 Å². The minimum Gasteiger partial charge on any atom is -0.232 e. The van der Waals surface area contributed by atoms with Gasteiger partial charge in [0.25, 0.3) is 0 Å². The van der Waals surface area contributed by atoms with Gasteiger partial charge < -0.3 is 0 Å². The standard InChI is InChI=1S/C4H5ClN4S/c1-9-4(2-3(5)10)6-7-8-9/h2H2,1H3. The van der Waals surface area contributed by atoms with Gasteiger partial charge in [-0.1, -0.05) is 23.8 Å². The molecule has 0 unspecified atom stereocenters. The zero-order valence-corrected chi connectivity index (χ0v) is 6.85. The summed E-state index contributed by atoms with van der Waals surface area (Å²) in [4.78, 5) is 0. The first kappa shape index (κ1) is 7.56. The molecule has 0 aliphatic heterocycles. The van der Waals surface area contributed by atoms with Crippen LogP contribution in [0.3, 0.4) is 0 Å². The van der Waals surface area contributed by atoms with E-state index < -0.39 is 0 Å². The molecule has 0 amide bonds. The lowest BCUT2D eigenvalue weighted by Crippen LogP contribution is -2.02. The van der Waals surface area contributed by atoms with Crippen molar-refractivity contribution in [3.05, 3.63) is 5.82 Å². The van der Waals surface area contributed by atoms with Crippen molar-refractivity contribution in [1.82, 2.24) is 20.2 Å². The van der Waals surface area contributed by atoms with Gasteiger partial charge in [-0.3, -0.25) is 0 Å². The summed E-state index contributed by atoms with van der Waals surface area (Å²) in [5, 5.41) is 10.7. The molecule has 0 aromatic carbocycles. The van der Waals surface area contributed by atoms with Crippen LogP contribution < -0.4 is 0 Å². The molecule has 10 heavy (non-hydrogen) atoms. The molecule has 54 valence electrons. The van der Waals surface area contributed by atoms with E-state index in [0.29, 0.717) is 16.6 Å². The summed E-state index contributed by atoms with van der Waals surface area (Å²) < 4.78 is 1.91. The Morgan fingerprint density at radius 3 is 2.90 bits per heavy atom. The van der Waals surface area contributed by atoms with Gasteiger partial charge in [0, 0.05) is 7.05 Å². The van der Waals surface area contributed by atoms with Crippen molar-refractivity contribution in [2.75, 3.05) is 0 Å². The van der Waals surface area contributed by atoms with Gasteiger partial charge >= 0.3 is 0 Å². The highest BCUT2D eigenvalue weighted by atomic mass is 35.5. The monoisotopic (exact) mass is 176 g/mol. The van der Waals surface area contributed by atoms with Crippen LogP contribution in [-0.2, 0) is 13.5 Å². The zero-order chi connectivity index (χ0) is 7.56. The van der Waals surface area contributed by atoms with Gasteiger partial charge in [-0.2, -0.15) is 0 Å². The maximum Gasteiger partial charge on any atom is 0.157 e. The molecule has 1 rings (SSSR count). The molecule has 1 aromatic heterocycles. The minimum atomic E-state index is 0.373. The summed E-state index contributed by atoms with van der Waals surface area (Å²) in [6.07, 6.45) is 0.445. The van der Waals surface area contributed by atoms with Crippen LogP contribution in [0.15, 0.2) is 0 Å². The van der Waals surface area contributed by atoms with E-state index in [-0.39, 0.29) is 0 Å². The minimum absolute atomic E-state index is 0.373. The van der Waals surface area contributed by atoms with Crippen molar-refractivity contribution in [3.63, 3.8) is 0 Å². The first-order valence-corrected chi connectivity index (χ1v) is 3.38. The lowest BCUT2D eigenvalue weighted by molar-refractivity contribution is 0.691. The summed E-state index contributed by atoms with van der Waals surface area (Å²) in [6.45, 7) is 0. The molecule has 0 N–H and O–H groups in total. The third-order valence-electron chi connectivity index (χ3n) is 1.00. The van der Waals surface area contributed by atoms with Gasteiger partial charge in [0.15, 0.2) is 5.82 Å². The fraction of sp³-hybridized carbons (Fsp3) is 0.500. The smallest absolute Gasteiger partial charge is 0.157 e. The van der Waals surface area contributed by atoms with Gasteiger partial charge in [0.1, 0.15) is 0 Å². The molecule has 1 aromatic rings. The fourth-order valence-electron chi connectivity index (χ4n) is 0.522. The summed E-state index contributed by atoms with van der Waals surface area (Å²) in [7, 11) is 1.74. The second kappa shape index (κ2) is 3.03. The van der Waals surface area contributed by atoms with E-state index in [0.717, 1.165) is 0 Å². The van der Waals surface area contributed by atoms with Crippen LogP contribution in [0.1, 0.15) is 5.82 Å².